The molecule has 18 heavy (non-hydrogen) atoms. The van der Waals surface area contributed by atoms with E-state index in [-0.39, 0.29) is 17.3 Å². The van der Waals surface area contributed by atoms with Gasteiger partial charge in [0.15, 0.2) is 0 Å². The Labute approximate surface area is 109 Å². The lowest BCUT2D eigenvalue weighted by Gasteiger charge is -2.05. The number of methoxy groups -OCH3 is 1. The molecule has 7 heteroatoms. The molecule has 0 bridgehead atoms. The lowest BCUT2D eigenvalue weighted by molar-refractivity contribution is 0.283. The van der Waals surface area contributed by atoms with E-state index in [4.69, 9.17) is 21.1 Å². The summed E-state index contributed by atoms with van der Waals surface area (Å²) in [5, 5.41) is 0.0367. The number of hydrogen-bond donors (Lipinski definition) is 0. The molecule has 2 heterocycles. The van der Waals surface area contributed by atoms with Crippen molar-refractivity contribution >= 4 is 11.6 Å². The van der Waals surface area contributed by atoms with Crippen molar-refractivity contribution in [1.82, 2.24) is 19.9 Å². The standard InChI is InChI=1S/C11H11ClN4O2/c1-17-10-14-9(12)15-11(16-10)18-7-5-8-4-2-3-6-13-8/h2-4,6H,5,7H2,1H3. The zero-order chi connectivity index (χ0) is 12.8. The van der Waals surface area contributed by atoms with E-state index >= 15 is 0 Å². The lowest BCUT2D eigenvalue weighted by atomic mass is 10.3. The van der Waals surface area contributed by atoms with Gasteiger partial charge in [-0.3, -0.25) is 4.98 Å². The van der Waals surface area contributed by atoms with Crippen LogP contribution in [0.1, 0.15) is 5.69 Å². The van der Waals surface area contributed by atoms with Gasteiger partial charge in [0.1, 0.15) is 0 Å². The highest BCUT2D eigenvalue weighted by molar-refractivity contribution is 6.28. The van der Waals surface area contributed by atoms with Crippen molar-refractivity contribution in [2.24, 2.45) is 0 Å². The van der Waals surface area contributed by atoms with Gasteiger partial charge in [-0.25, -0.2) is 0 Å². The molecule has 94 valence electrons. The van der Waals surface area contributed by atoms with E-state index < -0.39 is 0 Å². The summed E-state index contributed by atoms with van der Waals surface area (Å²) in [4.78, 5) is 15.7. The van der Waals surface area contributed by atoms with E-state index in [1.54, 1.807) is 6.20 Å². The van der Waals surface area contributed by atoms with E-state index in [0.717, 1.165) is 5.69 Å². The summed E-state index contributed by atoms with van der Waals surface area (Å²) in [6, 6.07) is 5.97. The highest BCUT2D eigenvalue weighted by Crippen LogP contribution is 2.12. The molecule has 6 nitrogen and oxygen atoms in total. The van der Waals surface area contributed by atoms with Gasteiger partial charge in [0.05, 0.1) is 13.7 Å². The molecule has 2 aromatic rings. The molecule has 0 atom stereocenters. The summed E-state index contributed by atoms with van der Waals surface area (Å²) in [7, 11) is 1.45. The van der Waals surface area contributed by atoms with Crippen LogP contribution in [-0.4, -0.2) is 33.7 Å². The number of pyridine rings is 1. The minimum absolute atomic E-state index is 0.0367. The van der Waals surface area contributed by atoms with Gasteiger partial charge >= 0.3 is 12.0 Å². The number of rotatable bonds is 5. The third-order valence-electron chi connectivity index (χ3n) is 2.07. The number of hydrogen-bond acceptors (Lipinski definition) is 6. The fourth-order valence-corrected chi connectivity index (χ4v) is 1.41. The van der Waals surface area contributed by atoms with E-state index in [2.05, 4.69) is 19.9 Å². The van der Waals surface area contributed by atoms with Crippen LogP contribution in [0.5, 0.6) is 12.0 Å². The number of halogens is 1. The lowest BCUT2D eigenvalue weighted by Crippen LogP contribution is -2.06. The summed E-state index contributed by atoms with van der Waals surface area (Å²) in [6.07, 6.45) is 2.39. The van der Waals surface area contributed by atoms with Gasteiger partial charge in [-0.1, -0.05) is 6.07 Å². The molecule has 0 aliphatic heterocycles. The monoisotopic (exact) mass is 266 g/mol. The second kappa shape index (κ2) is 6.11. The second-order valence-corrected chi connectivity index (χ2v) is 3.63. The molecule has 0 amide bonds. The van der Waals surface area contributed by atoms with Crippen LogP contribution in [0.25, 0.3) is 0 Å². The predicted molar refractivity (Wildman–Crippen MR) is 64.8 cm³/mol. The summed E-state index contributed by atoms with van der Waals surface area (Å²) >= 11 is 5.69. The predicted octanol–water partition coefficient (Wildman–Crippen LogP) is 1.55. The van der Waals surface area contributed by atoms with Gasteiger partial charge in [-0.05, 0) is 23.7 Å². The molecule has 2 rings (SSSR count). The molecule has 2 aromatic heterocycles. The molecule has 0 N–H and O–H groups in total. The van der Waals surface area contributed by atoms with E-state index in [1.165, 1.54) is 7.11 Å². The van der Waals surface area contributed by atoms with Crippen LogP contribution < -0.4 is 9.47 Å². The van der Waals surface area contributed by atoms with Crippen molar-refractivity contribution in [3.8, 4) is 12.0 Å². The zero-order valence-electron chi connectivity index (χ0n) is 9.71. The largest absolute Gasteiger partial charge is 0.467 e. The van der Waals surface area contributed by atoms with Crippen molar-refractivity contribution in [2.45, 2.75) is 6.42 Å². The Kier molecular flexibility index (Phi) is 4.25. The first kappa shape index (κ1) is 12.5. The fraction of sp³-hybridized carbons (Fsp3) is 0.273. The maximum atomic E-state index is 5.69. The van der Waals surface area contributed by atoms with Crippen molar-refractivity contribution < 1.29 is 9.47 Å². The minimum atomic E-state index is 0.0367. The summed E-state index contributed by atoms with van der Waals surface area (Å²) in [6.45, 7) is 0.403. The normalized spacial score (nSPS) is 10.1. The van der Waals surface area contributed by atoms with Gasteiger partial charge in [-0.2, -0.15) is 9.97 Å². The minimum Gasteiger partial charge on any atom is -0.467 e. The van der Waals surface area contributed by atoms with E-state index in [1.807, 2.05) is 18.2 Å². The molecule has 0 aliphatic rings. The zero-order valence-corrected chi connectivity index (χ0v) is 10.5. The van der Waals surface area contributed by atoms with Gasteiger partial charge < -0.3 is 9.47 Å². The van der Waals surface area contributed by atoms with Gasteiger partial charge in [0.25, 0.3) is 0 Å². The topological polar surface area (TPSA) is 70.0 Å². The van der Waals surface area contributed by atoms with Gasteiger partial charge in [-0.15, -0.1) is 4.98 Å². The van der Waals surface area contributed by atoms with Crippen LogP contribution >= 0.6 is 11.6 Å². The molecular weight excluding hydrogens is 256 g/mol. The molecule has 0 radical (unpaired) electrons. The van der Waals surface area contributed by atoms with Crippen LogP contribution in [0.3, 0.4) is 0 Å². The molecule has 0 saturated heterocycles. The van der Waals surface area contributed by atoms with E-state index in [0.29, 0.717) is 13.0 Å². The summed E-state index contributed by atoms with van der Waals surface area (Å²) < 4.78 is 10.2. The Morgan fingerprint density at radius 3 is 2.72 bits per heavy atom. The molecular formula is C11H11ClN4O2. The number of ether oxygens (including phenoxy) is 2. The molecule has 0 aliphatic carbocycles. The second-order valence-electron chi connectivity index (χ2n) is 3.29. The number of aromatic nitrogens is 4. The third kappa shape index (κ3) is 3.53. The van der Waals surface area contributed by atoms with Crippen LogP contribution in [0.4, 0.5) is 0 Å². The summed E-state index contributed by atoms with van der Waals surface area (Å²) in [5.41, 5.74) is 0.935. The van der Waals surface area contributed by atoms with Gasteiger partial charge in [0, 0.05) is 18.3 Å². The first-order valence-electron chi connectivity index (χ1n) is 5.26. The van der Waals surface area contributed by atoms with Crippen molar-refractivity contribution in [2.75, 3.05) is 13.7 Å². The number of nitrogens with zero attached hydrogens (tertiary/aromatic N) is 4. The van der Waals surface area contributed by atoms with Crippen molar-refractivity contribution in [3.05, 3.63) is 35.4 Å². The molecule has 0 unspecified atom stereocenters. The first-order valence-corrected chi connectivity index (χ1v) is 5.64. The maximum Gasteiger partial charge on any atom is 0.323 e. The Balaban J connectivity index is 1.92. The van der Waals surface area contributed by atoms with Crippen LogP contribution in [0.15, 0.2) is 24.4 Å². The Hall–Kier alpha value is -1.95. The molecule has 0 fully saturated rings. The van der Waals surface area contributed by atoms with Gasteiger partial charge in [0.2, 0.25) is 5.28 Å². The average molecular weight is 267 g/mol. The van der Waals surface area contributed by atoms with Crippen LogP contribution in [0, 0.1) is 0 Å². The molecule has 0 spiro atoms. The Morgan fingerprint density at radius 2 is 2.00 bits per heavy atom. The van der Waals surface area contributed by atoms with Crippen molar-refractivity contribution in [3.63, 3.8) is 0 Å². The third-order valence-corrected chi connectivity index (χ3v) is 2.23. The Bertz CT molecular complexity index is 510. The summed E-state index contributed by atoms with van der Waals surface area (Å²) in [5.74, 6) is 0. The maximum absolute atomic E-state index is 5.69. The van der Waals surface area contributed by atoms with E-state index in [9.17, 15) is 0 Å². The van der Waals surface area contributed by atoms with Crippen LogP contribution in [0.2, 0.25) is 5.28 Å². The SMILES string of the molecule is COc1nc(Cl)nc(OCCc2ccccn2)n1. The van der Waals surface area contributed by atoms with Crippen molar-refractivity contribution in [1.29, 1.82) is 0 Å². The molecule has 0 saturated carbocycles. The Morgan fingerprint density at radius 1 is 1.17 bits per heavy atom. The van der Waals surface area contributed by atoms with Crippen LogP contribution in [-0.2, 0) is 6.42 Å². The first-order chi connectivity index (χ1) is 8.78. The average Bonchev–Trinajstić information content (AvgIpc) is 2.39. The molecule has 0 aromatic carbocycles. The quantitative estimate of drug-likeness (QED) is 0.818. The fourth-order valence-electron chi connectivity index (χ4n) is 1.26. The smallest absolute Gasteiger partial charge is 0.323 e. The highest BCUT2D eigenvalue weighted by Gasteiger charge is 2.06. The highest BCUT2D eigenvalue weighted by atomic mass is 35.5.